The zero-order valence-electron chi connectivity index (χ0n) is 12.0. The van der Waals surface area contributed by atoms with Crippen LogP contribution in [0, 0.1) is 5.92 Å². The third-order valence-electron chi connectivity index (χ3n) is 4.20. The van der Waals surface area contributed by atoms with Crippen molar-refractivity contribution in [2.24, 2.45) is 5.92 Å². The third-order valence-corrected chi connectivity index (χ3v) is 4.63. The van der Waals surface area contributed by atoms with Crippen molar-refractivity contribution in [3.63, 3.8) is 0 Å². The molecule has 0 unspecified atom stereocenters. The average molecular weight is 327 g/mol. The number of rotatable bonds is 3. The fraction of sp³-hybridized carbons (Fsp3) is 0.562. The Hall–Kier alpha value is -0.770. The lowest BCUT2D eigenvalue weighted by Gasteiger charge is -2.22. The van der Waals surface area contributed by atoms with Gasteiger partial charge in [0.25, 0.3) is 5.91 Å². The maximum Gasteiger partial charge on any atom is 0.254 e. The number of hydrogen-bond donors (Lipinski definition) is 0. The van der Waals surface area contributed by atoms with E-state index in [1.807, 2.05) is 4.90 Å². The van der Waals surface area contributed by atoms with Crippen molar-refractivity contribution in [2.75, 3.05) is 32.7 Å². The van der Waals surface area contributed by atoms with E-state index >= 15 is 0 Å². The van der Waals surface area contributed by atoms with E-state index in [4.69, 9.17) is 23.2 Å². The minimum Gasteiger partial charge on any atom is -0.337 e. The standard InChI is InChI=1S/C16H20Cl2N2O/c17-14-8-13(9-15(18)10-14)16(21)20-5-1-4-19(6-7-20)11-12-2-3-12/h8-10,12H,1-7,11H2. The first-order chi connectivity index (χ1) is 10.1. The fourth-order valence-corrected chi connectivity index (χ4v) is 3.41. The number of carbonyl (C=O) groups excluding carboxylic acids is 1. The SMILES string of the molecule is O=C(c1cc(Cl)cc(Cl)c1)N1CCCN(CC2CC2)CC1. The molecule has 0 atom stereocenters. The molecule has 0 aromatic heterocycles. The van der Waals surface area contributed by atoms with E-state index in [-0.39, 0.29) is 5.91 Å². The Kier molecular flexibility index (Phi) is 4.72. The lowest BCUT2D eigenvalue weighted by molar-refractivity contribution is 0.0761. The Balaban J connectivity index is 1.63. The molecule has 0 spiro atoms. The summed E-state index contributed by atoms with van der Waals surface area (Å²) >= 11 is 12.0. The first-order valence-corrected chi connectivity index (χ1v) is 8.35. The number of nitrogens with zero attached hydrogens (tertiary/aromatic N) is 2. The molecule has 3 nitrogen and oxygen atoms in total. The maximum atomic E-state index is 12.6. The molecule has 1 heterocycles. The molecular weight excluding hydrogens is 307 g/mol. The number of carbonyl (C=O) groups is 1. The van der Waals surface area contributed by atoms with Gasteiger partial charge in [0, 0.05) is 41.8 Å². The number of benzene rings is 1. The molecule has 5 heteroatoms. The van der Waals surface area contributed by atoms with Crippen molar-refractivity contribution in [1.82, 2.24) is 9.80 Å². The Morgan fingerprint density at radius 3 is 2.43 bits per heavy atom. The number of halogens is 2. The van der Waals surface area contributed by atoms with Gasteiger partial charge in [0.05, 0.1) is 0 Å². The lowest BCUT2D eigenvalue weighted by Crippen LogP contribution is -2.35. The van der Waals surface area contributed by atoms with Gasteiger partial charge in [-0.3, -0.25) is 4.79 Å². The van der Waals surface area contributed by atoms with Crippen LogP contribution in [0.15, 0.2) is 18.2 Å². The molecule has 1 amide bonds. The minimum atomic E-state index is 0.0349. The van der Waals surface area contributed by atoms with Crippen LogP contribution >= 0.6 is 23.2 Å². The maximum absolute atomic E-state index is 12.6. The van der Waals surface area contributed by atoms with Gasteiger partial charge in [-0.05, 0) is 49.9 Å². The van der Waals surface area contributed by atoms with Crippen molar-refractivity contribution < 1.29 is 4.79 Å². The predicted octanol–water partition coefficient (Wildman–Crippen LogP) is 3.55. The summed E-state index contributed by atoms with van der Waals surface area (Å²) in [6.45, 7) is 4.86. The van der Waals surface area contributed by atoms with E-state index in [2.05, 4.69) is 4.90 Å². The summed E-state index contributed by atoms with van der Waals surface area (Å²) < 4.78 is 0. The van der Waals surface area contributed by atoms with Crippen LogP contribution in [0.2, 0.25) is 10.0 Å². The van der Waals surface area contributed by atoms with E-state index in [1.54, 1.807) is 18.2 Å². The van der Waals surface area contributed by atoms with Crippen molar-refractivity contribution in [1.29, 1.82) is 0 Å². The molecule has 21 heavy (non-hydrogen) atoms. The number of hydrogen-bond acceptors (Lipinski definition) is 2. The summed E-state index contributed by atoms with van der Waals surface area (Å²) in [7, 11) is 0. The van der Waals surface area contributed by atoms with Crippen molar-refractivity contribution in [3.05, 3.63) is 33.8 Å². The molecule has 1 aromatic carbocycles. The van der Waals surface area contributed by atoms with E-state index in [1.165, 1.54) is 19.4 Å². The molecule has 3 rings (SSSR count). The van der Waals surface area contributed by atoms with Gasteiger partial charge in [-0.25, -0.2) is 0 Å². The van der Waals surface area contributed by atoms with E-state index < -0.39 is 0 Å². The van der Waals surface area contributed by atoms with Gasteiger partial charge >= 0.3 is 0 Å². The minimum absolute atomic E-state index is 0.0349. The molecule has 1 saturated carbocycles. The van der Waals surface area contributed by atoms with Crippen LogP contribution in [0.25, 0.3) is 0 Å². The molecule has 1 aromatic rings. The summed E-state index contributed by atoms with van der Waals surface area (Å²) in [5, 5.41) is 1.02. The largest absolute Gasteiger partial charge is 0.337 e. The van der Waals surface area contributed by atoms with Gasteiger partial charge in [0.1, 0.15) is 0 Å². The first-order valence-electron chi connectivity index (χ1n) is 7.59. The van der Waals surface area contributed by atoms with Crippen molar-refractivity contribution in [2.45, 2.75) is 19.3 Å². The van der Waals surface area contributed by atoms with Crippen LogP contribution in [0.3, 0.4) is 0 Å². The van der Waals surface area contributed by atoms with Crippen molar-refractivity contribution in [3.8, 4) is 0 Å². The smallest absolute Gasteiger partial charge is 0.254 e. The van der Waals surface area contributed by atoms with Crippen LogP contribution in [-0.4, -0.2) is 48.4 Å². The van der Waals surface area contributed by atoms with E-state index in [9.17, 15) is 4.79 Å². The highest BCUT2D eigenvalue weighted by molar-refractivity contribution is 6.35. The fourth-order valence-electron chi connectivity index (χ4n) is 2.88. The second-order valence-electron chi connectivity index (χ2n) is 6.05. The monoisotopic (exact) mass is 326 g/mol. The molecule has 114 valence electrons. The third kappa shape index (κ3) is 4.12. The van der Waals surface area contributed by atoms with E-state index in [0.29, 0.717) is 15.6 Å². The van der Waals surface area contributed by atoms with Gasteiger partial charge < -0.3 is 9.80 Å². The zero-order chi connectivity index (χ0) is 14.8. The van der Waals surface area contributed by atoms with E-state index in [0.717, 1.165) is 38.5 Å². The average Bonchev–Trinajstić information content (AvgIpc) is 3.25. The molecular formula is C16H20Cl2N2O. The van der Waals surface area contributed by atoms with Crippen molar-refractivity contribution >= 4 is 29.1 Å². The Labute approximate surface area is 135 Å². The van der Waals surface area contributed by atoms with Gasteiger partial charge in [-0.1, -0.05) is 23.2 Å². The highest BCUT2D eigenvalue weighted by atomic mass is 35.5. The van der Waals surface area contributed by atoms with Crippen LogP contribution < -0.4 is 0 Å². The Morgan fingerprint density at radius 1 is 1.05 bits per heavy atom. The van der Waals surface area contributed by atoms with Crippen LogP contribution in [0.4, 0.5) is 0 Å². The van der Waals surface area contributed by atoms with Crippen LogP contribution in [0.5, 0.6) is 0 Å². The Bertz CT molecular complexity index is 511. The molecule has 1 saturated heterocycles. The molecule has 2 aliphatic rings. The lowest BCUT2D eigenvalue weighted by atomic mass is 10.2. The summed E-state index contributed by atoms with van der Waals surface area (Å²) in [5.74, 6) is 0.937. The quantitative estimate of drug-likeness (QED) is 0.848. The second kappa shape index (κ2) is 6.55. The summed E-state index contributed by atoms with van der Waals surface area (Å²) in [4.78, 5) is 17.0. The van der Waals surface area contributed by atoms with Crippen LogP contribution in [0.1, 0.15) is 29.6 Å². The number of amides is 1. The van der Waals surface area contributed by atoms with Gasteiger partial charge in [-0.15, -0.1) is 0 Å². The topological polar surface area (TPSA) is 23.6 Å². The summed E-state index contributed by atoms with van der Waals surface area (Å²) in [6.07, 6.45) is 3.78. The molecule has 1 aliphatic carbocycles. The highest BCUT2D eigenvalue weighted by Crippen LogP contribution is 2.30. The predicted molar refractivity (Wildman–Crippen MR) is 86.1 cm³/mol. The summed E-state index contributed by atoms with van der Waals surface area (Å²) in [5.41, 5.74) is 0.586. The second-order valence-corrected chi connectivity index (χ2v) is 6.92. The molecule has 2 fully saturated rings. The zero-order valence-corrected chi connectivity index (χ0v) is 13.5. The van der Waals surface area contributed by atoms with Gasteiger partial charge in [0.2, 0.25) is 0 Å². The van der Waals surface area contributed by atoms with Gasteiger partial charge in [0.15, 0.2) is 0 Å². The molecule has 0 radical (unpaired) electrons. The van der Waals surface area contributed by atoms with Crippen LogP contribution in [-0.2, 0) is 0 Å². The molecule has 0 bridgehead atoms. The Morgan fingerprint density at radius 2 is 1.76 bits per heavy atom. The van der Waals surface area contributed by atoms with Gasteiger partial charge in [-0.2, -0.15) is 0 Å². The normalized spacial score (nSPS) is 20.4. The molecule has 0 N–H and O–H groups in total. The molecule has 1 aliphatic heterocycles. The first kappa shape index (κ1) is 15.1. The highest BCUT2D eigenvalue weighted by Gasteiger charge is 2.26. The summed E-state index contributed by atoms with van der Waals surface area (Å²) in [6, 6.07) is 5.05.